The molecule has 0 aliphatic carbocycles. The molecular formula is C10H20N2O. The predicted octanol–water partition coefficient (Wildman–Crippen LogP) is 0.902. The molecule has 0 aromatic rings. The second kappa shape index (κ2) is 5.97. The van der Waals surface area contributed by atoms with Crippen molar-refractivity contribution in [3.63, 3.8) is 0 Å². The van der Waals surface area contributed by atoms with Crippen LogP contribution in [0, 0.1) is 5.92 Å². The van der Waals surface area contributed by atoms with Gasteiger partial charge in [-0.05, 0) is 45.2 Å². The Morgan fingerprint density at radius 1 is 1.46 bits per heavy atom. The number of amides is 1. The molecule has 3 nitrogen and oxygen atoms in total. The molecule has 1 aliphatic heterocycles. The summed E-state index contributed by atoms with van der Waals surface area (Å²) < 4.78 is 0. The van der Waals surface area contributed by atoms with E-state index in [-0.39, 0.29) is 5.91 Å². The number of rotatable bonds is 4. The van der Waals surface area contributed by atoms with Crippen molar-refractivity contribution in [2.45, 2.75) is 32.6 Å². The number of hydrogen-bond acceptors (Lipinski definition) is 2. The van der Waals surface area contributed by atoms with Gasteiger partial charge in [-0.2, -0.15) is 0 Å². The third kappa shape index (κ3) is 4.27. The minimum atomic E-state index is 0.209. The minimum Gasteiger partial charge on any atom is -0.356 e. The van der Waals surface area contributed by atoms with Crippen LogP contribution >= 0.6 is 0 Å². The van der Waals surface area contributed by atoms with E-state index >= 15 is 0 Å². The summed E-state index contributed by atoms with van der Waals surface area (Å²) in [7, 11) is 0. The average Bonchev–Trinajstić information content (AvgIpc) is 2.17. The molecule has 0 unspecified atom stereocenters. The van der Waals surface area contributed by atoms with Gasteiger partial charge >= 0.3 is 0 Å². The van der Waals surface area contributed by atoms with E-state index in [1.54, 1.807) is 0 Å². The standard InChI is InChI=1S/C10H20N2O/c1-2-12-10(13)4-3-9-5-7-11-8-6-9/h9,11H,2-8H2,1H3,(H,12,13). The van der Waals surface area contributed by atoms with Gasteiger partial charge in [0.25, 0.3) is 0 Å². The topological polar surface area (TPSA) is 41.1 Å². The van der Waals surface area contributed by atoms with Gasteiger partial charge in [0, 0.05) is 13.0 Å². The van der Waals surface area contributed by atoms with Crippen molar-refractivity contribution in [3.8, 4) is 0 Å². The lowest BCUT2D eigenvalue weighted by Gasteiger charge is -2.22. The van der Waals surface area contributed by atoms with Gasteiger partial charge in [-0.1, -0.05) is 0 Å². The molecule has 1 saturated heterocycles. The molecule has 1 rings (SSSR count). The van der Waals surface area contributed by atoms with Crippen LogP contribution in [-0.2, 0) is 4.79 Å². The quantitative estimate of drug-likeness (QED) is 0.681. The summed E-state index contributed by atoms with van der Waals surface area (Å²) in [5, 5.41) is 6.16. The molecule has 1 fully saturated rings. The monoisotopic (exact) mass is 184 g/mol. The minimum absolute atomic E-state index is 0.209. The Morgan fingerprint density at radius 2 is 2.15 bits per heavy atom. The van der Waals surface area contributed by atoms with Gasteiger partial charge in [0.15, 0.2) is 0 Å². The average molecular weight is 184 g/mol. The number of nitrogens with one attached hydrogen (secondary N) is 2. The zero-order valence-corrected chi connectivity index (χ0v) is 8.44. The molecule has 0 saturated carbocycles. The van der Waals surface area contributed by atoms with Gasteiger partial charge in [-0.15, -0.1) is 0 Å². The lowest BCUT2D eigenvalue weighted by molar-refractivity contribution is -0.121. The number of hydrogen-bond donors (Lipinski definition) is 2. The van der Waals surface area contributed by atoms with Crippen molar-refractivity contribution in [1.29, 1.82) is 0 Å². The first-order valence-corrected chi connectivity index (χ1v) is 5.30. The molecule has 0 aromatic heterocycles. The van der Waals surface area contributed by atoms with Crippen LogP contribution in [0.15, 0.2) is 0 Å². The molecule has 3 heteroatoms. The smallest absolute Gasteiger partial charge is 0.219 e. The van der Waals surface area contributed by atoms with Crippen molar-refractivity contribution >= 4 is 5.91 Å². The molecule has 1 aliphatic rings. The maximum Gasteiger partial charge on any atom is 0.219 e. The van der Waals surface area contributed by atoms with Crippen LogP contribution < -0.4 is 10.6 Å². The Labute approximate surface area is 80.3 Å². The highest BCUT2D eigenvalue weighted by molar-refractivity contribution is 5.75. The lowest BCUT2D eigenvalue weighted by atomic mass is 9.93. The molecule has 1 heterocycles. The fraction of sp³-hybridized carbons (Fsp3) is 0.900. The summed E-state index contributed by atoms with van der Waals surface area (Å²) in [4.78, 5) is 11.2. The Balaban J connectivity index is 2.06. The molecule has 1 amide bonds. The zero-order valence-electron chi connectivity index (χ0n) is 8.44. The molecule has 0 aromatic carbocycles. The van der Waals surface area contributed by atoms with Gasteiger partial charge in [0.05, 0.1) is 0 Å². The van der Waals surface area contributed by atoms with Crippen LogP contribution in [0.1, 0.15) is 32.6 Å². The Kier molecular flexibility index (Phi) is 4.83. The van der Waals surface area contributed by atoms with Gasteiger partial charge < -0.3 is 10.6 Å². The summed E-state index contributed by atoms with van der Waals surface area (Å²) in [5.41, 5.74) is 0. The zero-order chi connectivity index (χ0) is 9.52. The molecule has 0 bridgehead atoms. The molecule has 0 atom stereocenters. The highest BCUT2D eigenvalue weighted by Crippen LogP contribution is 2.17. The molecule has 0 spiro atoms. The maximum absolute atomic E-state index is 11.2. The number of piperidine rings is 1. The Bertz CT molecular complexity index is 153. The first kappa shape index (κ1) is 10.5. The first-order valence-electron chi connectivity index (χ1n) is 5.30. The van der Waals surface area contributed by atoms with E-state index in [0.717, 1.165) is 32.0 Å². The molecule has 0 radical (unpaired) electrons. The van der Waals surface area contributed by atoms with Gasteiger partial charge in [0.2, 0.25) is 5.91 Å². The van der Waals surface area contributed by atoms with Crippen molar-refractivity contribution in [2.75, 3.05) is 19.6 Å². The van der Waals surface area contributed by atoms with Crippen LogP contribution in [0.5, 0.6) is 0 Å². The Hall–Kier alpha value is -0.570. The van der Waals surface area contributed by atoms with Crippen molar-refractivity contribution in [3.05, 3.63) is 0 Å². The van der Waals surface area contributed by atoms with E-state index in [2.05, 4.69) is 10.6 Å². The van der Waals surface area contributed by atoms with Crippen LogP contribution in [0.3, 0.4) is 0 Å². The largest absolute Gasteiger partial charge is 0.356 e. The van der Waals surface area contributed by atoms with E-state index in [0.29, 0.717) is 6.42 Å². The van der Waals surface area contributed by atoms with E-state index < -0.39 is 0 Å². The third-order valence-electron chi connectivity index (χ3n) is 2.61. The van der Waals surface area contributed by atoms with Gasteiger partial charge in [-0.25, -0.2) is 0 Å². The summed E-state index contributed by atoms with van der Waals surface area (Å²) in [6, 6.07) is 0. The second-order valence-electron chi connectivity index (χ2n) is 3.69. The van der Waals surface area contributed by atoms with Crippen LogP contribution in [0.2, 0.25) is 0 Å². The molecule has 13 heavy (non-hydrogen) atoms. The fourth-order valence-electron chi connectivity index (χ4n) is 1.79. The first-order chi connectivity index (χ1) is 6.33. The molecule has 2 N–H and O–H groups in total. The third-order valence-corrected chi connectivity index (χ3v) is 2.61. The van der Waals surface area contributed by atoms with E-state index in [9.17, 15) is 4.79 Å². The highest BCUT2D eigenvalue weighted by Gasteiger charge is 2.13. The SMILES string of the molecule is CCNC(=O)CCC1CCNCC1. The van der Waals surface area contributed by atoms with Crippen molar-refractivity contribution < 1.29 is 4.79 Å². The lowest BCUT2D eigenvalue weighted by Crippen LogP contribution is -2.29. The number of carbonyl (C=O) groups excluding carboxylic acids is 1. The van der Waals surface area contributed by atoms with E-state index in [1.807, 2.05) is 6.92 Å². The van der Waals surface area contributed by atoms with Crippen LogP contribution in [-0.4, -0.2) is 25.5 Å². The van der Waals surface area contributed by atoms with E-state index in [4.69, 9.17) is 0 Å². The van der Waals surface area contributed by atoms with Gasteiger partial charge in [0.1, 0.15) is 0 Å². The normalized spacial score (nSPS) is 18.5. The highest BCUT2D eigenvalue weighted by atomic mass is 16.1. The predicted molar refractivity (Wildman–Crippen MR) is 53.5 cm³/mol. The maximum atomic E-state index is 11.2. The number of carbonyl (C=O) groups is 1. The van der Waals surface area contributed by atoms with E-state index in [1.165, 1.54) is 12.8 Å². The summed E-state index contributed by atoms with van der Waals surface area (Å²) in [6.07, 6.45) is 4.24. The summed E-state index contributed by atoms with van der Waals surface area (Å²) >= 11 is 0. The van der Waals surface area contributed by atoms with Gasteiger partial charge in [-0.3, -0.25) is 4.79 Å². The van der Waals surface area contributed by atoms with Crippen LogP contribution in [0.25, 0.3) is 0 Å². The second-order valence-corrected chi connectivity index (χ2v) is 3.69. The molecular weight excluding hydrogens is 164 g/mol. The van der Waals surface area contributed by atoms with Crippen LogP contribution in [0.4, 0.5) is 0 Å². The fourth-order valence-corrected chi connectivity index (χ4v) is 1.79. The Morgan fingerprint density at radius 3 is 2.77 bits per heavy atom. The summed E-state index contributed by atoms with van der Waals surface area (Å²) in [6.45, 7) is 4.97. The summed E-state index contributed by atoms with van der Waals surface area (Å²) in [5.74, 6) is 0.977. The van der Waals surface area contributed by atoms with Crippen molar-refractivity contribution in [2.24, 2.45) is 5.92 Å². The van der Waals surface area contributed by atoms with Crippen molar-refractivity contribution in [1.82, 2.24) is 10.6 Å². The molecule has 76 valence electrons.